The van der Waals surface area contributed by atoms with Gasteiger partial charge in [-0.25, -0.2) is 9.78 Å². The highest BCUT2D eigenvalue weighted by atomic mass is 16.4. The Bertz CT molecular complexity index is 1510. The number of carboxylic acids is 1. The molecule has 0 saturated carbocycles. The van der Waals surface area contributed by atoms with Crippen molar-refractivity contribution in [2.75, 3.05) is 17.6 Å². The van der Waals surface area contributed by atoms with Gasteiger partial charge in [-0.05, 0) is 59.2 Å². The van der Waals surface area contributed by atoms with Crippen molar-refractivity contribution < 1.29 is 19.5 Å². The number of hydrogen-bond acceptors (Lipinski definition) is 5. The Hall–Kier alpha value is -4.66. The number of rotatable bonds is 9. The Kier molecular flexibility index (Phi) is 7.99. The molecule has 0 bridgehead atoms. The van der Waals surface area contributed by atoms with Gasteiger partial charge < -0.3 is 26.5 Å². The highest BCUT2D eigenvalue weighted by Gasteiger charge is 2.24. The number of fused-ring (bicyclic) bond motifs is 1. The van der Waals surface area contributed by atoms with Crippen molar-refractivity contribution in [1.29, 1.82) is 0 Å². The largest absolute Gasteiger partial charge is 0.478 e. The first-order valence-electron chi connectivity index (χ1n) is 12.7. The molecule has 4 rings (SSSR count). The molecule has 2 amide bonds. The number of aromatic carboxylic acids is 1. The number of nitrogen functional groups attached to an aromatic ring is 1. The number of carboxylic acid groups (broad SMARTS) is 1. The SMILES string of the molecule is CC(C)(C)CNC(=O)c1ccc(C(CC(=O)Nc2ccc3nc(N)[nH]c3c2)Cc2ccccc2)c(C(=O)O)c1. The lowest BCUT2D eigenvalue weighted by Gasteiger charge is -2.21. The summed E-state index contributed by atoms with van der Waals surface area (Å²) in [6.45, 7) is 6.45. The van der Waals surface area contributed by atoms with Gasteiger partial charge in [-0.3, -0.25) is 9.59 Å². The monoisotopic (exact) mass is 527 g/mol. The fraction of sp³-hybridized carbons (Fsp3) is 0.267. The van der Waals surface area contributed by atoms with Crippen LogP contribution in [0.2, 0.25) is 0 Å². The van der Waals surface area contributed by atoms with Gasteiger partial charge in [0.25, 0.3) is 5.91 Å². The zero-order valence-corrected chi connectivity index (χ0v) is 22.2. The number of benzene rings is 3. The second-order valence-electron chi connectivity index (χ2n) is 10.8. The molecule has 0 aliphatic carbocycles. The third kappa shape index (κ3) is 7.22. The van der Waals surface area contributed by atoms with Crippen LogP contribution in [0, 0.1) is 5.41 Å². The van der Waals surface area contributed by atoms with Crippen molar-refractivity contribution in [2.24, 2.45) is 5.41 Å². The molecule has 9 nitrogen and oxygen atoms in total. The zero-order chi connectivity index (χ0) is 28.2. The number of aromatic nitrogens is 2. The van der Waals surface area contributed by atoms with Crippen LogP contribution >= 0.6 is 0 Å². The van der Waals surface area contributed by atoms with E-state index in [0.29, 0.717) is 35.2 Å². The molecule has 39 heavy (non-hydrogen) atoms. The molecule has 4 aromatic rings. The molecule has 1 atom stereocenters. The van der Waals surface area contributed by atoms with Crippen LogP contribution in [0.1, 0.15) is 65.0 Å². The Morgan fingerprint density at radius 1 is 1.03 bits per heavy atom. The van der Waals surface area contributed by atoms with E-state index in [9.17, 15) is 19.5 Å². The van der Waals surface area contributed by atoms with Crippen LogP contribution in [0.3, 0.4) is 0 Å². The Labute approximate surface area is 226 Å². The summed E-state index contributed by atoms with van der Waals surface area (Å²) in [4.78, 5) is 45.3. The van der Waals surface area contributed by atoms with E-state index < -0.39 is 11.9 Å². The number of H-pyrrole nitrogens is 1. The number of carbonyl (C=O) groups is 3. The van der Waals surface area contributed by atoms with Gasteiger partial charge in [0, 0.05) is 24.2 Å². The Morgan fingerprint density at radius 3 is 2.46 bits per heavy atom. The van der Waals surface area contributed by atoms with Crippen molar-refractivity contribution >= 4 is 40.5 Å². The number of amides is 2. The van der Waals surface area contributed by atoms with E-state index in [4.69, 9.17) is 5.73 Å². The molecule has 0 saturated heterocycles. The minimum Gasteiger partial charge on any atom is -0.478 e. The van der Waals surface area contributed by atoms with Crippen LogP contribution < -0.4 is 16.4 Å². The topological polar surface area (TPSA) is 150 Å². The van der Waals surface area contributed by atoms with E-state index in [1.54, 1.807) is 30.3 Å². The summed E-state index contributed by atoms with van der Waals surface area (Å²) in [5.41, 5.74) is 9.27. The number of nitrogens with one attached hydrogen (secondary N) is 3. The van der Waals surface area contributed by atoms with Crippen molar-refractivity contribution in [2.45, 2.75) is 39.5 Å². The number of nitrogens with two attached hydrogens (primary N) is 1. The molecule has 3 aromatic carbocycles. The van der Waals surface area contributed by atoms with Gasteiger partial charge in [0.15, 0.2) is 5.95 Å². The number of carbonyl (C=O) groups excluding carboxylic acids is 2. The van der Waals surface area contributed by atoms with Crippen LogP contribution in [-0.4, -0.2) is 39.4 Å². The van der Waals surface area contributed by atoms with E-state index in [2.05, 4.69) is 20.6 Å². The van der Waals surface area contributed by atoms with Crippen LogP contribution in [-0.2, 0) is 11.2 Å². The first-order chi connectivity index (χ1) is 18.5. The highest BCUT2D eigenvalue weighted by Crippen LogP contribution is 2.30. The summed E-state index contributed by atoms with van der Waals surface area (Å²) in [6.07, 6.45) is 0.480. The van der Waals surface area contributed by atoms with E-state index in [-0.39, 0.29) is 40.7 Å². The number of aromatic amines is 1. The average Bonchev–Trinajstić information content (AvgIpc) is 3.26. The lowest BCUT2D eigenvalue weighted by molar-refractivity contribution is -0.116. The van der Waals surface area contributed by atoms with Gasteiger partial charge in [-0.2, -0.15) is 0 Å². The third-order valence-corrected chi connectivity index (χ3v) is 6.31. The fourth-order valence-corrected chi connectivity index (χ4v) is 4.42. The molecular formula is C30H33N5O4. The first kappa shape index (κ1) is 27.4. The molecule has 9 heteroatoms. The van der Waals surface area contributed by atoms with Gasteiger partial charge in [-0.1, -0.05) is 57.2 Å². The summed E-state index contributed by atoms with van der Waals surface area (Å²) >= 11 is 0. The van der Waals surface area contributed by atoms with Gasteiger partial charge in [-0.15, -0.1) is 0 Å². The lowest BCUT2D eigenvalue weighted by Crippen LogP contribution is -2.32. The molecule has 1 aromatic heterocycles. The fourth-order valence-electron chi connectivity index (χ4n) is 4.42. The molecule has 0 aliphatic rings. The quantitative estimate of drug-likeness (QED) is 0.207. The van der Waals surface area contributed by atoms with Crippen LogP contribution in [0.5, 0.6) is 0 Å². The molecule has 1 unspecified atom stereocenters. The predicted molar refractivity (Wildman–Crippen MR) is 152 cm³/mol. The van der Waals surface area contributed by atoms with Crippen LogP contribution in [0.25, 0.3) is 11.0 Å². The highest BCUT2D eigenvalue weighted by molar-refractivity contribution is 5.99. The Balaban J connectivity index is 1.61. The van der Waals surface area contributed by atoms with E-state index in [1.165, 1.54) is 6.07 Å². The number of imidazole rings is 1. The maximum atomic E-state index is 13.2. The first-order valence-corrected chi connectivity index (χ1v) is 12.7. The van der Waals surface area contributed by atoms with Crippen LogP contribution in [0.4, 0.5) is 11.6 Å². The van der Waals surface area contributed by atoms with E-state index in [0.717, 1.165) is 5.56 Å². The normalized spacial score (nSPS) is 12.2. The third-order valence-electron chi connectivity index (χ3n) is 6.31. The standard InChI is InChI=1S/C30H33N5O4/c1-30(2,3)17-32-27(37)19-9-11-22(23(14-19)28(38)39)20(13-18-7-5-4-6-8-18)15-26(36)33-21-10-12-24-25(16-21)35-29(31)34-24/h4-12,14,16,20H,13,15,17H2,1-3H3,(H,32,37)(H,33,36)(H,38,39)(H3,31,34,35). The summed E-state index contributed by atoms with van der Waals surface area (Å²) < 4.78 is 0. The summed E-state index contributed by atoms with van der Waals surface area (Å²) in [7, 11) is 0. The predicted octanol–water partition coefficient (Wildman–Crippen LogP) is 4.97. The van der Waals surface area contributed by atoms with E-state index in [1.807, 2.05) is 51.1 Å². The van der Waals surface area contributed by atoms with Gasteiger partial charge in [0.2, 0.25) is 5.91 Å². The molecule has 1 heterocycles. The van der Waals surface area contributed by atoms with Crippen molar-refractivity contribution in [3.05, 3.63) is 89.0 Å². The summed E-state index contributed by atoms with van der Waals surface area (Å²) in [6, 6.07) is 19.5. The van der Waals surface area contributed by atoms with Crippen molar-refractivity contribution in [3.8, 4) is 0 Å². The number of anilines is 2. The average molecular weight is 528 g/mol. The molecular weight excluding hydrogens is 494 g/mol. The minimum absolute atomic E-state index is 0.00138. The van der Waals surface area contributed by atoms with Gasteiger partial charge in [0.05, 0.1) is 16.6 Å². The molecule has 0 radical (unpaired) electrons. The maximum Gasteiger partial charge on any atom is 0.335 e. The molecule has 0 fully saturated rings. The van der Waals surface area contributed by atoms with Gasteiger partial charge in [0.1, 0.15) is 0 Å². The van der Waals surface area contributed by atoms with E-state index >= 15 is 0 Å². The number of hydrogen-bond donors (Lipinski definition) is 5. The Morgan fingerprint density at radius 2 is 1.77 bits per heavy atom. The molecule has 6 N–H and O–H groups in total. The van der Waals surface area contributed by atoms with Crippen molar-refractivity contribution in [3.63, 3.8) is 0 Å². The zero-order valence-electron chi connectivity index (χ0n) is 22.2. The molecule has 0 spiro atoms. The lowest BCUT2D eigenvalue weighted by atomic mass is 9.85. The smallest absolute Gasteiger partial charge is 0.335 e. The maximum absolute atomic E-state index is 13.2. The second kappa shape index (κ2) is 11.4. The summed E-state index contributed by atoms with van der Waals surface area (Å²) in [5.74, 6) is -1.93. The summed E-state index contributed by atoms with van der Waals surface area (Å²) in [5, 5.41) is 15.8. The minimum atomic E-state index is -1.16. The second-order valence-corrected chi connectivity index (χ2v) is 10.8. The van der Waals surface area contributed by atoms with Crippen LogP contribution in [0.15, 0.2) is 66.7 Å². The molecule has 0 aliphatic heterocycles. The number of nitrogens with zero attached hydrogens (tertiary/aromatic N) is 1. The van der Waals surface area contributed by atoms with Gasteiger partial charge >= 0.3 is 5.97 Å². The van der Waals surface area contributed by atoms with Crippen molar-refractivity contribution in [1.82, 2.24) is 15.3 Å². The molecule has 202 valence electrons.